The van der Waals surface area contributed by atoms with Crippen LogP contribution in [0.5, 0.6) is 11.6 Å². The van der Waals surface area contributed by atoms with E-state index in [-0.39, 0.29) is 30.3 Å². The van der Waals surface area contributed by atoms with Crippen molar-refractivity contribution in [3.63, 3.8) is 0 Å². The average molecular weight is 346 g/mol. The third-order valence-electron chi connectivity index (χ3n) is 3.62. The van der Waals surface area contributed by atoms with E-state index >= 15 is 0 Å². The van der Waals surface area contributed by atoms with Crippen molar-refractivity contribution in [2.45, 2.75) is 46.8 Å². The van der Waals surface area contributed by atoms with Crippen molar-refractivity contribution in [3.8, 4) is 11.6 Å². The number of aliphatic imine (C=N–C) groups is 1. The topological polar surface area (TPSA) is 116 Å². The quantitative estimate of drug-likeness (QED) is 0.547. The molecule has 0 radical (unpaired) electrons. The SMILES string of the molecule is CC(C)Cn1c(O)c2cc(OC(C)C)ccc2c1CC(=O)N=C(N)N. The van der Waals surface area contributed by atoms with Gasteiger partial charge in [0.1, 0.15) is 5.75 Å². The molecule has 0 atom stereocenters. The number of aromatic hydroxyl groups is 1. The van der Waals surface area contributed by atoms with E-state index in [9.17, 15) is 9.90 Å². The van der Waals surface area contributed by atoms with Gasteiger partial charge in [-0.25, -0.2) is 0 Å². The fourth-order valence-electron chi connectivity index (χ4n) is 2.80. The highest BCUT2D eigenvalue weighted by Gasteiger charge is 2.20. The molecule has 1 amide bonds. The number of nitrogens with zero attached hydrogens (tertiary/aromatic N) is 2. The van der Waals surface area contributed by atoms with Crippen LogP contribution in [0.25, 0.3) is 10.8 Å². The van der Waals surface area contributed by atoms with Gasteiger partial charge in [0.15, 0.2) is 11.8 Å². The van der Waals surface area contributed by atoms with Gasteiger partial charge in [0.2, 0.25) is 0 Å². The average Bonchev–Trinajstić information content (AvgIpc) is 2.71. The number of aromatic nitrogens is 1. The Balaban J connectivity index is 2.56. The van der Waals surface area contributed by atoms with Crippen molar-refractivity contribution < 1.29 is 14.6 Å². The zero-order chi connectivity index (χ0) is 18.7. The second-order valence-corrected chi connectivity index (χ2v) is 6.76. The highest BCUT2D eigenvalue weighted by Crippen LogP contribution is 2.35. The van der Waals surface area contributed by atoms with Crippen LogP contribution in [-0.4, -0.2) is 27.6 Å². The minimum Gasteiger partial charge on any atom is -0.494 e. The zero-order valence-electron chi connectivity index (χ0n) is 15.1. The van der Waals surface area contributed by atoms with E-state index in [1.54, 1.807) is 10.6 Å². The van der Waals surface area contributed by atoms with Crippen molar-refractivity contribution in [3.05, 3.63) is 23.9 Å². The molecule has 2 aromatic rings. The maximum atomic E-state index is 12.1. The fourth-order valence-corrected chi connectivity index (χ4v) is 2.80. The van der Waals surface area contributed by atoms with Gasteiger partial charge in [0.05, 0.1) is 12.5 Å². The van der Waals surface area contributed by atoms with Crippen LogP contribution in [-0.2, 0) is 17.8 Å². The minimum absolute atomic E-state index is 0.00602. The number of rotatable bonds is 6. The first-order valence-electron chi connectivity index (χ1n) is 8.32. The molecule has 0 aliphatic heterocycles. The Morgan fingerprint density at radius 3 is 2.48 bits per heavy atom. The Morgan fingerprint density at radius 1 is 1.24 bits per heavy atom. The van der Waals surface area contributed by atoms with Crippen molar-refractivity contribution >= 4 is 22.6 Å². The van der Waals surface area contributed by atoms with E-state index < -0.39 is 5.91 Å². The molecule has 0 aliphatic rings. The van der Waals surface area contributed by atoms with Crippen molar-refractivity contribution in [1.29, 1.82) is 0 Å². The summed E-state index contributed by atoms with van der Waals surface area (Å²) >= 11 is 0. The van der Waals surface area contributed by atoms with Crippen LogP contribution in [0.15, 0.2) is 23.2 Å². The van der Waals surface area contributed by atoms with Crippen molar-refractivity contribution in [1.82, 2.24) is 4.57 Å². The summed E-state index contributed by atoms with van der Waals surface area (Å²) in [5.74, 6) is 0.350. The van der Waals surface area contributed by atoms with Crippen molar-refractivity contribution in [2.75, 3.05) is 0 Å². The van der Waals surface area contributed by atoms with E-state index in [4.69, 9.17) is 16.2 Å². The van der Waals surface area contributed by atoms with Crippen LogP contribution < -0.4 is 16.2 Å². The number of benzene rings is 1. The van der Waals surface area contributed by atoms with E-state index in [0.717, 1.165) is 5.39 Å². The molecule has 1 aromatic carbocycles. The van der Waals surface area contributed by atoms with Crippen LogP contribution in [0.3, 0.4) is 0 Å². The van der Waals surface area contributed by atoms with Gasteiger partial charge in [-0.05, 0) is 38.0 Å². The molecule has 0 aliphatic carbocycles. The molecule has 2 rings (SSSR count). The summed E-state index contributed by atoms with van der Waals surface area (Å²) in [6.45, 7) is 8.53. The van der Waals surface area contributed by atoms with Gasteiger partial charge in [-0.1, -0.05) is 13.8 Å². The Hall–Kier alpha value is -2.70. The Labute approximate surface area is 147 Å². The number of amides is 1. The number of ether oxygens (including phenoxy) is 1. The number of carbonyl (C=O) groups is 1. The number of hydrogen-bond acceptors (Lipinski definition) is 3. The Kier molecular flexibility index (Phi) is 5.56. The lowest BCUT2D eigenvalue weighted by Gasteiger charge is -2.12. The highest BCUT2D eigenvalue weighted by molar-refractivity contribution is 5.97. The molecule has 25 heavy (non-hydrogen) atoms. The third kappa shape index (κ3) is 4.43. The van der Waals surface area contributed by atoms with Crippen LogP contribution >= 0.6 is 0 Å². The number of guanidine groups is 1. The molecule has 0 unspecified atom stereocenters. The maximum absolute atomic E-state index is 12.1. The minimum atomic E-state index is -0.452. The van der Waals surface area contributed by atoms with Crippen LogP contribution in [0.4, 0.5) is 0 Å². The largest absolute Gasteiger partial charge is 0.494 e. The number of hydrogen-bond donors (Lipinski definition) is 3. The van der Waals surface area contributed by atoms with Crippen molar-refractivity contribution in [2.24, 2.45) is 22.4 Å². The predicted octanol–water partition coefficient (Wildman–Crippen LogP) is 2.13. The predicted molar refractivity (Wildman–Crippen MR) is 98.7 cm³/mol. The van der Waals surface area contributed by atoms with Gasteiger partial charge in [0.25, 0.3) is 5.91 Å². The van der Waals surface area contributed by atoms with E-state index in [2.05, 4.69) is 4.99 Å². The summed E-state index contributed by atoms with van der Waals surface area (Å²) in [6.07, 6.45) is 0.0340. The molecular weight excluding hydrogens is 320 g/mol. The molecular formula is C18H26N4O3. The molecule has 7 nitrogen and oxygen atoms in total. The number of carbonyl (C=O) groups excluding carboxylic acids is 1. The lowest BCUT2D eigenvalue weighted by molar-refractivity contribution is -0.117. The lowest BCUT2D eigenvalue weighted by atomic mass is 10.1. The summed E-state index contributed by atoms with van der Waals surface area (Å²) in [4.78, 5) is 15.6. The normalized spacial score (nSPS) is 11.3. The van der Waals surface area contributed by atoms with Gasteiger partial charge < -0.3 is 25.9 Å². The van der Waals surface area contributed by atoms with Gasteiger partial charge in [-0.2, -0.15) is 4.99 Å². The second-order valence-electron chi connectivity index (χ2n) is 6.76. The van der Waals surface area contributed by atoms with Crippen LogP contribution in [0, 0.1) is 5.92 Å². The standard InChI is InChI=1S/C18H26N4O3/c1-10(2)9-22-15(8-16(23)21-18(19)20)13-6-5-12(25-11(3)4)7-14(13)17(22)24/h5-7,10-11,24H,8-9H2,1-4H3,(H4,19,20,21,23). The molecule has 136 valence electrons. The summed E-state index contributed by atoms with van der Waals surface area (Å²) in [6, 6.07) is 5.47. The maximum Gasteiger partial charge on any atom is 0.254 e. The molecule has 7 heteroatoms. The van der Waals surface area contributed by atoms with E-state index in [0.29, 0.717) is 23.4 Å². The van der Waals surface area contributed by atoms with Crippen LogP contribution in [0.1, 0.15) is 33.4 Å². The Bertz CT molecular complexity index is 802. The van der Waals surface area contributed by atoms with Gasteiger partial charge in [-0.3, -0.25) is 4.79 Å². The van der Waals surface area contributed by atoms with Gasteiger partial charge >= 0.3 is 0 Å². The van der Waals surface area contributed by atoms with E-state index in [1.807, 2.05) is 39.8 Å². The first kappa shape index (κ1) is 18.6. The fraction of sp³-hybridized carbons (Fsp3) is 0.444. The molecule has 0 spiro atoms. The second kappa shape index (κ2) is 7.46. The molecule has 0 saturated carbocycles. The molecule has 1 heterocycles. The Morgan fingerprint density at radius 2 is 1.92 bits per heavy atom. The molecule has 0 bridgehead atoms. The number of nitrogens with two attached hydrogens (primary N) is 2. The third-order valence-corrected chi connectivity index (χ3v) is 3.62. The summed E-state index contributed by atoms with van der Waals surface area (Å²) in [5, 5.41) is 12.1. The zero-order valence-corrected chi connectivity index (χ0v) is 15.1. The summed E-state index contributed by atoms with van der Waals surface area (Å²) < 4.78 is 7.44. The summed E-state index contributed by atoms with van der Waals surface area (Å²) in [5.41, 5.74) is 11.3. The number of fused-ring (bicyclic) bond motifs is 1. The summed E-state index contributed by atoms with van der Waals surface area (Å²) in [7, 11) is 0. The molecule has 0 fully saturated rings. The van der Waals surface area contributed by atoms with Crippen LogP contribution in [0.2, 0.25) is 0 Å². The van der Waals surface area contributed by atoms with Gasteiger partial charge in [-0.15, -0.1) is 0 Å². The lowest BCUT2D eigenvalue weighted by Crippen LogP contribution is -2.25. The van der Waals surface area contributed by atoms with Gasteiger partial charge in [0, 0.05) is 23.0 Å². The molecule has 0 saturated heterocycles. The smallest absolute Gasteiger partial charge is 0.254 e. The molecule has 1 aromatic heterocycles. The molecule has 5 N–H and O–H groups in total. The first-order chi connectivity index (χ1) is 11.7. The highest BCUT2D eigenvalue weighted by atomic mass is 16.5. The first-order valence-corrected chi connectivity index (χ1v) is 8.32. The van der Waals surface area contributed by atoms with E-state index in [1.165, 1.54) is 0 Å². The monoisotopic (exact) mass is 346 g/mol.